The topological polar surface area (TPSA) is 43.1 Å². The van der Waals surface area contributed by atoms with Crippen LogP contribution in [0.4, 0.5) is 0 Å². The maximum absolute atomic E-state index is 4.93. The van der Waals surface area contributed by atoms with Crippen molar-refractivity contribution in [3.8, 4) is 0 Å². The summed E-state index contributed by atoms with van der Waals surface area (Å²) in [5, 5.41) is 5.82. The molecule has 4 nitrogen and oxygen atoms in total. The number of hydrogen-bond donors (Lipinski definition) is 0. The van der Waals surface area contributed by atoms with Gasteiger partial charge >= 0.3 is 0 Å². The Morgan fingerprint density at radius 3 is 2.76 bits per heavy atom. The smallest absolute Gasteiger partial charge is 0.168 e. The Kier molecular flexibility index (Phi) is 3.41. The van der Waals surface area contributed by atoms with Gasteiger partial charge in [-0.05, 0) is 49.8 Å². The second kappa shape index (κ2) is 5.77. The first-order valence-electron chi connectivity index (χ1n) is 8.70. The summed E-state index contributed by atoms with van der Waals surface area (Å²) < 4.78 is 1.90. The van der Waals surface area contributed by atoms with Crippen LogP contribution in [0.3, 0.4) is 0 Å². The highest BCUT2D eigenvalue weighted by Crippen LogP contribution is 2.37. The van der Waals surface area contributed by atoms with Gasteiger partial charge in [-0.25, -0.2) is 9.97 Å². The van der Waals surface area contributed by atoms with Crippen LogP contribution in [0.1, 0.15) is 40.5 Å². The Morgan fingerprint density at radius 2 is 1.88 bits per heavy atom. The van der Waals surface area contributed by atoms with Crippen LogP contribution in [0.5, 0.6) is 0 Å². The molecule has 0 aliphatic heterocycles. The summed E-state index contributed by atoms with van der Waals surface area (Å²) in [6, 6.07) is 10.3. The molecule has 1 aliphatic rings. The molecule has 0 bridgehead atoms. The maximum atomic E-state index is 4.93. The third-order valence-corrected chi connectivity index (χ3v) is 5.93. The van der Waals surface area contributed by atoms with Crippen molar-refractivity contribution in [2.45, 2.75) is 32.6 Å². The van der Waals surface area contributed by atoms with Crippen molar-refractivity contribution >= 4 is 39.4 Å². The van der Waals surface area contributed by atoms with Gasteiger partial charge in [-0.1, -0.05) is 36.4 Å². The van der Waals surface area contributed by atoms with Crippen LogP contribution in [-0.2, 0) is 12.8 Å². The lowest BCUT2D eigenvalue weighted by Gasteiger charge is -2.10. The van der Waals surface area contributed by atoms with Crippen LogP contribution in [0, 0.1) is 6.92 Å². The predicted octanol–water partition coefficient (Wildman–Crippen LogP) is 4.70. The molecule has 0 atom stereocenters. The first-order chi connectivity index (χ1) is 12.3. The van der Waals surface area contributed by atoms with E-state index < -0.39 is 0 Å². The molecule has 124 valence electrons. The lowest BCUT2D eigenvalue weighted by molar-refractivity contribution is 0.700. The number of nitrogens with zero attached hydrogens (tertiary/aromatic N) is 4. The molecule has 0 N–H and O–H groups in total. The van der Waals surface area contributed by atoms with Crippen molar-refractivity contribution in [1.82, 2.24) is 19.6 Å². The molecule has 3 aromatic heterocycles. The number of aryl methyl sites for hydroxylation is 3. The Hall–Kier alpha value is -2.53. The second-order valence-electron chi connectivity index (χ2n) is 6.50. The summed E-state index contributed by atoms with van der Waals surface area (Å²) in [6.07, 6.45) is 8.96. The normalized spacial score (nSPS) is 14.6. The van der Waals surface area contributed by atoms with Crippen molar-refractivity contribution < 1.29 is 0 Å². The monoisotopic (exact) mass is 346 g/mol. The predicted molar refractivity (Wildman–Crippen MR) is 103 cm³/mol. The number of fused-ring (bicyclic) bond motifs is 5. The molecule has 5 rings (SSSR count). The highest BCUT2D eigenvalue weighted by atomic mass is 32.1. The van der Waals surface area contributed by atoms with E-state index in [1.165, 1.54) is 35.1 Å². The van der Waals surface area contributed by atoms with Crippen LogP contribution in [-0.4, -0.2) is 19.6 Å². The van der Waals surface area contributed by atoms with Gasteiger partial charge < -0.3 is 0 Å². The third-order valence-electron chi connectivity index (χ3n) is 4.75. The van der Waals surface area contributed by atoms with E-state index in [9.17, 15) is 0 Å². The number of benzene rings is 1. The Bertz CT molecular complexity index is 1110. The summed E-state index contributed by atoms with van der Waals surface area (Å²) in [6.45, 7) is 1.95. The van der Waals surface area contributed by atoms with Gasteiger partial charge in [0, 0.05) is 4.88 Å². The van der Waals surface area contributed by atoms with Crippen molar-refractivity contribution in [3.05, 3.63) is 58.0 Å². The van der Waals surface area contributed by atoms with E-state index in [1.807, 2.05) is 47.1 Å². The number of aromatic nitrogens is 4. The first-order valence-corrected chi connectivity index (χ1v) is 9.52. The van der Waals surface area contributed by atoms with Gasteiger partial charge in [0.25, 0.3) is 0 Å². The average Bonchev–Trinajstić information content (AvgIpc) is 3.20. The van der Waals surface area contributed by atoms with Crippen molar-refractivity contribution in [2.24, 2.45) is 0 Å². The minimum Gasteiger partial charge on any atom is -0.218 e. The van der Waals surface area contributed by atoms with Crippen LogP contribution in [0.15, 0.2) is 30.3 Å². The molecule has 1 aliphatic carbocycles. The van der Waals surface area contributed by atoms with Crippen LogP contribution in [0.25, 0.3) is 28.0 Å². The van der Waals surface area contributed by atoms with Gasteiger partial charge in [0.15, 0.2) is 11.5 Å². The SMILES string of the molecule is Cc1nc2c3c4c(sc3nc(/C=C/c3ccccc3)n2n1)CCCC4. The molecule has 3 heterocycles. The second-order valence-corrected chi connectivity index (χ2v) is 7.58. The van der Waals surface area contributed by atoms with Gasteiger partial charge in [-0.3, -0.25) is 0 Å². The van der Waals surface area contributed by atoms with Crippen molar-refractivity contribution in [2.75, 3.05) is 0 Å². The van der Waals surface area contributed by atoms with E-state index in [0.717, 1.165) is 34.1 Å². The van der Waals surface area contributed by atoms with Gasteiger partial charge in [-0.15, -0.1) is 16.4 Å². The fraction of sp³-hybridized carbons (Fsp3) is 0.250. The molecule has 25 heavy (non-hydrogen) atoms. The van der Waals surface area contributed by atoms with Gasteiger partial charge in [0.2, 0.25) is 0 Å². The van der Waals surface area contributed by atoms with E-state index in [4.69, 9.17) is 9.97 Å². The lowest BCUT2D eigenvalue weighted by Crippen LogP contribution is -2.01. The quantitative estimate of drug-likeness (QED) is 0.528. The minimum absolute atomic E-state index is 0.791. The Morgan fingerprint density at radius 1 is 1.04 bits per heavy atom. The van der Waals surface area contributed by atoms with Crippen LogP contribution < -0.4 is 0 Å². The number of thiophene rings is 1. The zero-order valence-corrected chi connectivity index (χ0v) is 14.9. The summed E-state index contributed by atoms with van der Waals surface area (Å²) in [7, 11) is 0. The largest absolute Gasteiger partial charge is 0.218 e. The Labute approximate surface area is 149 Å². The maximum Gasteiger partial charge on any atom is 0.168 e. The average molecular weight is 346 g/mol. The summed E-state index contributed by atoms with van der Waals surface area (Å²) in [5.41, 5.74) is 3.56. The molecule has 0 fully saturated rings. The number of hydrogen-bond acceptors (Lipinski definition) is 4. The van der Waals surface area contributed by atoms with E-state index in [1.54, 1.807) is 0 Å². The third kappa shape index (κ3) is 2.46. The summed E-state index contributed by atoms with van der Waals surface area (Å²) in [4.78, 5) is 12.2. The molecule has 0 saturated heterocycles. The molecule has 0 spiro atoms. The fourth-order valence-electron chi connectivity index (χ4n) is 3.59. The van der Waals surface area contributed by atoms with E-state index in [-0.39, 0.29) is 0 Å². The molecule has 0 saturated carbocycles. The van der Waals surface area contributed by atoms with Crippen molar-refractivity contribution in [1.29, 1.82) is 0 Å². The summed E-state index contributed by atoms with van der Waals surface area (Å²) in [5.74, 6) is 1.63. The zero-order chi connectivity index (χ0) is 16.8. The van der Waals surface area contributed by atoms with Crippen LogP contribution in [0.2, 0.25) is 0 Å². The molecular formula is C20H18N4S. The molecule has 4 aromatic rings. The summed E-state index contributed by atoms with van der Waals surface area (Å²) >= 11 is 1.83. The molecule has 0 unspecified atom stereocenters. The molecular weight excluding hydrogens is 328 g/mol. The molecule has 5 heteroatoms. The van der Waals surface area contributed by atoms with E-state index in [2.05, 4.69) is 23.3 Å². The standard InChI is InChI=1S/C20H18N4S/c1-13-21-19-18-15-9-5-6-10-16(15)25-20(18)22-17(24(19)23-13)12-11-14-7-3-2-4-8-14/h2-4,7-8,11-12H,5-6,9-10H2,1H3/b12-11+. The number of rotatable bonds is 2. The van der Waals surface area contributed by atoms with E-state index >= 15 is 0 Å². The van der Waals surface area contributed by atoms with E-state index in [0.29, 0.717) is 0 Å². The van der Waals surface area contributed by atoms with Gasteiger partial charge in [0.1, 0.15) is 10.7 Å². The highest BCUT2D eigenvalue weighted by Gasteiger charge is 2.21. The highest BCUT2D eigenvalue weighted by molar-refractivity contribution is 7.19. The molecule has 0 amide bonds. The van der Waals surface area contributed by atoms with Gasteiger partial charge in [-0.2, -0.15) is 4.52 Å². The zero-order valence-electron chi connectivity index (χ0n) is 14.1. The molecule has 1 aromatic carbocycles. The lowest BCUT2D eigenvalue weighted by atomic mass is 9.97. The van der Waals surface area contributed by atoms with Crippen molar-refractivity contribution in [3.63, 3.8) is 0 Å². The molecule has 0 radical (unpaired) electrons. The first kappa shape index (κ1) is 14.8. The van der Waals surface area contributed by atoms with Gasteiger partial charge in [0.05, 0.1) is 5.39 Å². The van der Waals surface area contributed by atoms with Crippen LogP contribution >= 0.6 is 11.3 Å². The fourth-order valence-corrected chi connectivity index (χ4v) is 4.85. The Balaban J connectivity index is 1.74. The minimum atomic E-state index is 0.791.